The number of rotatable bonds is 0. The van der Waals surface area contributed by atoms with Gasteiger partial charge in [-0.3, -0.25) is 4.90 Å². The van der Waals surface area contributed by atoms with Crippen LogP contribution < -0.4 is 15.0 Å². The highest BCUT2D eigenvalue weighted by atomic mass is 79.9. The summed E-state index contributed by atoms with van der Waals surface area (Å²) in [6, 6.07) is 6.05. The number of amides is 2. The highest BCUT2D eigenvalue weighted by molar-refractivity contribution is 9.11. The molecule has 1 saturated heterocycles. The van der Waals surface area contributed by atoms with Crippen molar-refractivity contribution in [3.63, 3.8) is 0 Å². The molecule has 0 aromatic heterocycles. The van der Waals surface area contributed by atoms with Crippen molar-refractivity contribution in [2.45, 2.75) is 6.92 Å². The molecule has 0 unspecified atom stereocenters. The van der Waals surface area contributed by atoms with Crippen molar-refractivity contribution in [3.05, 3.63) is 34.6 Å². The summed E-state index contributed by atoms with van der Waals surface area (Å²) in [6.07, 6.45) is 1.78. The molecule has 26 heavy (non-hydrogen) atoms. The van der Waals surface area contributed by atoms with E-state index in [1.165, 1.54) is 0 Å². The molecule has 0 radical (unpaired) electrons. The molecule has 1 aromatic rings. The molecule has 8 heteroatoms. The summed E-state index contributed by atoms with van der Waals surface area (Å²) in [4.78, 5) is 23.5. The fourth-order valence-corrected chi connectivity index (χ4v) is 3.67. The van der Waals surface area contributed by atoms with Gasteiger partial charge < -0.3 is 19.9 Å². The Morgan fingerprint density at radius 2 is 2.04 bits per heavy atom. The number of benzene rings is 1. The third-order valence-electron chi connectivity index (χ3n) is 4.87. The normalized spacial score (nSPS) is 19.8. The van der Waals surface area contributed by atoms with E-state index in [2.05, 4.69) is 31.1 Å². The number of hydrogen-bond acceptors (Lipinski definition) is 5. The molecule has 3 aliphatic rings. The van der Waals surface area contributed by atoms with Crippen molar-refractivity contribution in [1.82, 2.24) is 15.1 Å². The second kappa shape index (κ2) is 7.19. The number of carbonyl (C=O) groups is 1. The van der Waals surface area contributed by atoms with E-state index in [1.807, 2.05) is 34.9 Å². The molecule has 0 aliphatic carbocycles. The van der Waals surface area contributed by atoms with Crippen LogP contribution in [0.2, 0.25) is 0 Å². The molecular formula is C18H22BrN5O2. The number of amidine groups is 1. The lowest BCUT2D eigenvalue weighted by atomic mass is 10.1. The van der Waals surface area contributed by atoms with Crippen LogP contribution in [0, 0.1) is 6.92 Å². The highest BCUT2D eigenvalue weighted by Gasteiger charge is 2.30. The Morgan fingerprint density at radius 1 is 1.23 bits per heavy atom. The van der Waals surface area contributed by atoms with Gasteiger partial charge in [-0.1, -0.05) is 6.07 Å². The van der Waals surface area contributed by atoms with Gasteiger partial charge in [-0.15, -0.1) is 0 Å². The fourth-order valence-electron chi connectivity index (χ4n) is 3.43. The summed E-state index contributed by atoms with van der Waals surface area (Å²) in [6.45, 7) is 6.84. The Kier molecular flexibility index (Phi) is 4.76. The van der Waals surface area contributed by atoms with E-state index < -0.39 is 0 Å². The quantitative estimate of drug-likeness (QED) is 0.654. The number of fused-ring (bicyclic) bond motifs is 1. The summed E-state index contributed by atoms with van der Waals surface area (Å²) in [5, 5.41) is 3.23. The number of anilines is 1. The summed E-state index contributed by atoms with van der Waals surface area (Å²) in [5.41, 5.74) is 2.00. The van der Waals surface area contributed by atoms with Crippen molar-refractivity contribution in [3.8, 4) is 5.75 Å². The largest absolute Gasteiger partial charge is 0.490 e. The van der Waals surface area contributed by atoms with Gasteiger partial charge in [0.2, 0.25) is 0 Å². The van der Waals surface area contributed by atoms with Crippen LogP contribution in [-0.2, 0) is 0 Å². The third-order valence-corrected chi connectivity index (χ3v) is 5.35. The van der Waals surface area contributed by atoms with Crippen LogP contribution in [0.5, 0.6) is 5.75 Å². The van der Waals surface area contributed by atoms with Gasteiger partial charge in [0.05, 0.1) is 29.6 Å². The van der Waals surface area contributed by atoms with E-state index in [1.54, 1.807) is 6.20 Å². The van der Waals surface area contributed by atoms with Gasteiger partial charge in [-0.2, -0.15) is 0 Å². The fraction of sp³-hybridized carbons (Fsp3) is 0.444. The zero-order chi connectivity index (χ0) is 18.1. The molecule has 138 valence electrons. The first-order valence-electron chi connectivity index (χ1n) is 8.83. The summed E-state index contributed by atoms with van der Waals surface area (Å²) in [5.74, 6) is 1.82. The van der Waals surface area contributed by atoms with Gasteiger partial charge in [0, 0.05) is 26.2 Å². The van der Waals surface area contributed by atoms with E-state index in [9.17, 15) is 4.79 Å². The van der Waals surface area contributed by atoms with Gasteiger partial charge in [0.15, 0.2) is 0 Å². The van der Waals surface area contributed by atoms with Crippen LogP contribution in [0.15, 0.2) is 34.0 Å². The Bertz CT molecular complexity index is 771. The first-order valence-corrected chi connectivity index (χ1v) is 9.62. The molecule has 3 heterocycles. The number of carbonyl (C=O) groups excluding carboxylic acids is 1. The first kappa shape index (κ1) is 17.2. The van der Waals surface area contributed by atoms with E-state index in [0.717, 1.165) is 40.5 Å². The number of aryl methyl sites for hydroxylation is 1. The highest BCUT2D eigenvalue weighted by Crippen LogP contribution is 2.33. The lowest BCUT2D eigenvalue weighted by Crippen LogP contribution is -2.56. The topological polar surface area (TPSA) is 60.4 Å². The number of halogens is 1. The van der Waals surface area contributed by atoms with Crippen molar-refractivity contribution in [2.75, 3.05) is 50.8 Å². The number of hydrogen-bond donors (Lipinski definition) is 1. The molecule has 0 bridgehead atoms. The molecule has 7 nitrogen and oxygen atoms in total. The summed E-state index contributed by atoms with van der Waals surface area (Å²) in [7, 11) is 0. The summed E-state index contributed by atoms with van der Waals surface area (Å²) >= 11 is 3.39. The van der Waals surface area contributed by atoms with Gasteiger partial charge in [0.1, 0.15) is 18.2 Å². The number of urea groups is 1. The number of nitrogens with zero attached hydrogens (tertiary/aromatic N) is 4. The van der Waals surface area contributed by atoms with Crippen molar-refractivity contribution in [1.29, 1.82) is 0 Å². The number of aliphatic imine (C=N–C) groups is 1. The molecule has 3 aliphatic heterocycles. The second-order valence-corrected chi connectivity index (χ2v) is 7.46. The lowest BCUT2D eigenvalue weighted by Gasteiger charge is -2.40. The maximum atomic E-state index is 13.0. The van der Waals surface area contributed by atoms with Crippen LogP contribution in [0.4, 0.5) is 10.5 Å². The zero-order valence-corrected chi connectivity index (χ0v) is 16.3. The predicted molar refractivity (Wildman–Crippen MR) is 105 cm³/mol. The Balaban J connectivity index is 1.42. The van der Waals surface area contributed by atoms with Gasteiger partial charge in [-0.25, -0.2) is 9.79 Å². The minimum atomic E-state index is 0.0596. The van der Waals surface area contributed by atoms with E-state index in [0.29, 0.717) is 32.8 Å². The Labute approximate surface area is 161 Å². The van der Waals surface area contributed by atoms with Crippen molar-refractivity contribution >= 4 is 33.5 Å². The summed E-state index contributed by atoms with van der Waals surface area (Å²) < 4.78 is 6.62. The maximum Gasteiger partial charge on any atom is 0.324 e. The third kappa shape index (κ3) is 3.38. The molecule has 0 spiro atoms. The van der Waals surface area contributed by atoms with Crippen LogP contribution in [0.25, 0.3) is 0 Å². The van der Waals surface area contributed by atoms with Crippen molar-refractivity contribution in [2.24, 2.45) is 4.99 Å². The van der Waals surface area contributed by atoms with Crippen LogP contribution in [-0.4, -0.2) is 67.5 Å². The van der Waals surface area contributed by atoms with Crippen LogP contribution in [0.1, 0.15) is 5.56 Å². The predicted octanol–water partition coefficient (Wildman–Crippen LogP) is 2.13. The SMILES string of the molecule is Cc1ccc2c(c1)OCCN2C(=O)N1CCN(C2=NC=C(Br)NC2)CC1. The standard InChI is InChI=1S/C18H22BrN5O2/c1-13-2-3-14-15(10-13)26-9-8-24(14)18(25)23-6-4-22(5-7-23)17-12-20-16(19)11-21-17/h2-3,10-11,20H,4-9,12H2,1H3. The van der Waals surface area contributed by atoms with Crippen LogP contribution >= 0.6 is 15.9 Å². The molecule has 1 aromatic carbocycles. The zero-order valence-electron chi connectivity index (χ0n) is 14.7. The average molecular weight is 420 g/mol. The lowest BCUT2D eigenvalue weighted by molar-refractivity contribution is 0.171. The molecule has 4 rings (SSSR count). The molecule has 2 amide bonds. The molecule has 1 fully saturated rings. The average Bonchev–Trinajstić information content (AvgIpc) is 2.67. The van der Waals surface area contributed by atoms with Gasteiger partial charge >= 0.3 is 6.03 Å². The smallest absolute Gasteiger partial charge is 0.324 e. The van der Waals surface area contributed by atoms with Crippen LogP contribution in [0.3, 0.4) is 0 Å². The Hall–Kier alpha value is -2.22. The maximum absolute atomic E-state index is 13.0. The number of nitrogens with one attached hydrogen (secondary N) is 1. The van der Waals surface area contributed by atoms with Crippen molar-refractivity contribution < 1.29 is 9.53 Å². The van der Waals surface area contributed by atoms with E-state index in [4.69, 9.17) is 4.74 Å². The molecule has 0 saturated carbocycles. The molecule has 1 N–H and O–H groups in total. The minimum Gasteiger partial charge on any atom is -0.490 e. The number of ether oxygens (including phenoxy) is 1. The van der Waals surface area contributed by atoms with Gasteiger partial charge in [-0.05, 0) is 40.5 Å². The monoisotopic (exact) mass is 419 g/mol. The number of piperazine rings is 1. The first-order chi connectivity index (χ1) is 12.6. The second-order valence-electron chi connectivity index (χ2n) is 6.60. The Morgan fingerprint density at radius 3 is 2.77 bits per heavy atom. The molecular weight excluding hydrogens is 398 g/mol. The van der Waals surface area contributed by atoms with E-state index >= 15 is 0 Å². The molecule has 0 atom stereocenters. The minimum absolute atomic E-state index is 0.0596. The van der Waals surface area contributed by atoms with E-state index in [-0.39, 0.29) is 6.03 Å². The van der Waals surface area contributed by atoms with Gasteiger partial charge in [0.25, 0.3) is 0 Å².